The van der Waals surface area contributed by atoms with Gasteiger partial charge in [0.25, 0.3) is 0 Å². The standard InChI is InChI=1S/C18H19BN2O4/c1-17(2)18(3,4)25-19(24-17)23-16(22)13-11-7-5-9-20-14(11)15-12(13)8-6-10-21-15/h5-10,20H,1-4H3. The molecular formula is C18H19BN2O4. The Bertz CT molecular complexity index is 918. The van der Waals surface area contributed by atoms with Gasteiger partial charge in [-0.1, -0.05) is 12.1 Å². The molecule has 6 nitrogen and oxygen atoms in total. The molecule has 4 rings (SSSR count). The molecule has 2 aliphatic heterocycles. The summed E-state index contributed by atoms with van der Waals surface area (Å²) in [5.41, 5.74) is 1.63. The lowest BCUT2D eigenvalue weighted by molar-refractivity contribution is 0.00578. The molecule has 0 unspecified atom stereocenters. The third-order valence-corrected chi connectivity index (χ3v) is 5.08. The molecule has 0 atom stereocenters. The Morgan fingerprint density at radius 2 is 1.88 bits per heavy atom. The van der Waals surface area contributed by atoms with Gasteiger partial charge in [0.15, 0.2) is 0 Å². The minimum Gasteiger partial charge on any atom is -0.481 e. The van der Waals surface area contributed by atoms with E-state index in [1.165, 1.54) is 0 Å². The van der Waals surface area contributed by atoms with Gasteiger partial charge in [0, 0.05) is 23.3 Å². The van der Waals surface area contributed by atoms with Crippen molar-refractivity contribution in [1.82, 2.24) is 9.97 Å². The second kappa shape index (κ2) is 5.31. The molecule has 1 aromatic rings. The average molecular weight is 338 g/mol. The maximum Gasteiger partial charge on any atom is 0.716 e. The van der Waals surface area contributed by atoms with Crippen molar-refractivity contribution in [3.63, 3.8) is 0 Å². The van der Waals surface area contributed by atoms with Gasteiger partial charge in [-0.3, -0.25) is 4.98 Å². The lowest BCUT2D eigenvalue weighted by Gasteiger charge is -2.31. The van der Waals surface area contributed by atoms with Crippen LogP contribution in [0.3, 0.4) is 0 Å². The topological polar surface area (TPSA) is 73.4 Å². The van der Waals surface area contributed by atoms with Crippen LogP contribution < -0.4 is 0 Å². The normalized spacial score (nSPS) is 18.8. The van der Waals surface area contributed by atoms with E-state index in [0.717, 1.165) is 22.2 Å². The zero-order valence-electron chi connectivity index (χ0n) is 14.6. The second-order valence-electron chi connectivity index (χ2n) is 7.18. The van der Waals surface area contributed by atoms with Gasteiger partial charge in [-0.05, 0) is 39.8 Å². The minimum absolute atomic E-state index is 0.463. The quantitative estimate of drug-likeness (QED) is 0.725. The second-order valence-corrected chi connectivity index (χ2v) is 7.18. The van der Waals surface area contributed by atoms with E-state index in [4.69, 9.17) is 14.0 Å². The first-order valence-corrected chi connectivity index (χ1v) is 8.20. The maximum atomic E-state index is 12.9. The lowest BCUT2D eigenvalue weighted by Crippen LogP contribution is -2.41. The molecule has 3 aliphatic rings. The van der Waals surface area contributed by atoms with Crippen molar-refractivity contribution in [3.05, 3.63) is 42.2 Å². The Labute approximate surface area is 146 Å². The number of aromatic nitrogens is 2. The molecule has 1 saturated heterocycles. The summed E-state index contributed by atoms with van der Waals surface area (Å²) < 4.78 is 17.1. The fraction of sp³-hybridized carbons (Fsp3) is 0.333. The van der Waals surface area contributed by atoms with Gasteiger partial charge in [0.1, 0.15) is 0 Å². The molecule has 3 heterocycles. The zero-order valence-corrected chi connectivity index (χ0v) is 14.6. The molecule has 0 radical (unpaired) electrons. The Kier molecular flexibility index (Phi) is 3.42. The van der Waals surface area contributed by atoms with Gasteiger partial charge in [-0.2, -0.15) is 0 Å². The van der Waals surface area contributed by atoms with E-state index in [2.05, 4.69) is 9.97 Å². The van der Waals surface area contributed by atoms with E-state index in [0.29, 0.717) is 5.56 Å². The van der Waals surface area contributed by atoms with Gasteiger partial charge in [-0.15, -0.1) is 0 Å². The summed E-state index contributed by atoms with van der Waals surface area (Å²) in [7, 11) is -1.04. The van der Waals surface area contributed by atoms with Crippen LogP contribution in [0.2, 0.25) is 0 Å². The number of hydrogen-bond donors (Lipinski definition) is 1. The monoisotopic (exact) mass is 338 g/mol. The largest absolute Gasteiger partial charge is 0.716 e. The van der Waals surface area contributed by atoms with Gasteiger partial charge < -0.3 is 18.9 Å². The van der Waals surface area contributed by atoms with Gasteiger partial charge in [0.05, 0.1) is 28.0 Å². The Morgan fingerprint density at radius 1 is 1.16 bits per heavy atom. The van der Waals surface area contributed by atoms with Gasteiger partial charge in [0.2, 0.25) is 0 Å². The number of hydrogen-bond acceptors (Lipinski definition) is 5. The summed E-state index contributed by atoms with van der Waals surface area (Å²) >= 11 is 0. The molecule has 1 fully saturated rings. The predicted molar refractivity (Wildman–Crippen MR) is 94.2 cm³/mol. The van der Waals surface area contributed by atoms with Gasteiger partial charge >= 0.3 is 13.3 Å². The molecule has 0 spiro atoms. The molecule has 1 aliphatic carbocycles. The summed E-state index contributed by atoms with van der Waals surface area (Å²) in [5, 5.41) is 0.737. The van der Waals surface area contributed by atoms with Crippen LogP contribution in [0, 0.1) is 0 Å². The molecule has 7 heteroatoms. The molecule has 0 amide bonds. The van der Waals surface area contributed by atoms with Crippen molar-refractivity contribution in [2.75, 3.05) is 0 Å². The maximum absolute atomic E-state index is 12.9. The molecule has 0 saturated carbocycles. The van der Waals surface area contributed by atoms with Crippen molar-refractivity contribution in [2.24, 2.45) is 0 Å². The van der Waals surface area contributed by atoms with Crippen LogP contribution in [0.25, 0.3) is 22.2 Å². The van der Waals surface area contributed by atoms with Crippen LogP contribution in [0.1, 0.15) is 38.1 Å². The number of rotatable bonds is 2. The molecule has 0 aromatic carbocycles. The fourth-order valence-electron chi connectivity index (χ4n) is 3.00. The van der Waals surface area contributed by atoms with Crippen LogP contribution in [0.5, 0.6) is 0 Å². The predicted octanol–water partition coefficient (Wildman–Crippen LogP) is 3.41. The summed E-state index contributed by atoms with van der Waals surface area (Å²) in [6, 6.07) is 7.37. The number of carbonyl (C=O) groups is 1. The highest BCUT2D eigenvalue weighted by molar-refractivity contribution is 6.41. The number of carbonyl (C=O) groups excluding carboxylic acids is 1. The number of fused-ring (bicyclic) bond motifs is 3. The minimum atomic E-state index is -1.04. The number of nitrogens with zero attached hydrogens (tertiary/aromatic N) is 1. The number of nitrogens with one attached hydrogen (secondary N) is 1. The van der Waals surface area contributed by atoms with Gasteiger partial charge in [-0.25, -0.2) is 4.79 Å². The number of aromatic amines is 1. The molecule has 0 bridgehead atoms. The average Bonchev–Trinajstić information content (AvgIpc) is 2.98. The Hall–Kier alpha value is -2.38. The SMILES string of the molecule is CC1(C)OB(OC(=O)c2c3ccc[nH]c-3c3ncccc23)OC1(C)C. The van der Waals surface area contributed by atoms with Crippen molar-refractivity contribution in [2.45, 2.75) is 38.9 Å². The summed E-state index contributed by atoms with van der Waals surface area (Å²) in [6.07, 6.45) is 3.51. The first-order chi connectivity index (χ1) is 11.8. The molecule has 1 N–H and O–H groups in total. The van der Waals surface area contributed by atoms with E-state index < -0.39 is 24.5 Å². The third-order valence-electron chi connectivity index (χ3n) is 5.08. The summed E-state index contributed by atoms with van der Waals surface area (Å²) in [6.45, 7) is 7.64. The van der Waals surface area contributed by atoms with Crippen molar-refractivity contribution in [3.8, 4) is 11.3 Å². The molecule has 25 heavy (non-hydrogen) atoms. The highest BCUT2D eigenvalue weighted by atomic mass is 16.8. The smallest absolute Gasteiger partial charge is 0.481 e. The summed E-state index contributed by atoms with van der Waals surface area (Å²) in [4.78, 5) is 20.4. The van der Waals surface area contributed by atoms with Crippen molar-refractivity contribution < 1.29 is 18.8 Å². The fourth-order valence-corrected chi connectivity index (χ4v) is 3.00. The van der Waals surface area contributed by atoms with E-state index in [-0.39, 0.29) is 0 Å². The zero-order chi connectivity index (χ0) is 17.8. The first kappa shape index (κ1) is 16.1. The van der Waals surface area contributed by atoms with E-state index in [9.17, 15) is 4.79 Å². The van der Waals surface area contributed by atoms with Crippen LogP contribution in [0.15, 0.2) is 36.7 Å². The highest BCUT2D eigenvalue weighted by Gasteiger charge is 2.55. The van der Waals surface area contributed by atoms with Crippen LogP contribution in [-0.2, 0) is 14.0 Å². The van der Waals surface area contributed by atoms with E-state index in [1.54, 1.807) is 18.5 Å². The van der Waals surface area contributed by atoms with Crippen LogP contribution >= 0.6 is 0 Å². The van der Waals surface area contributed by atoms with E-state index in [1.807, 2.05) is 45.9 Å². The molecular weight excluding hydrogens is 319 g/mol. The Balaban J connectivity index is 1.72. The third kappa shape index (κ3) is 2.42. The van der Waals surface area contributed by atoms with Crippen LogP contribution in [0.4, 0.5) is 0 Å². The Morgan fingerprint density at radius 3 is 2.60 bits per heavy atom. The van der Waals surface area contributed by atoms with Crippen molar-refractivity contribution in [1.29, 1.82) is 0 Å². The van der Waals surface area contributed by atoms with E-state index >= 15 is 0 Å². The lowest BCUT2D eigenvalue weighted by atomic mass is 9.90. The first-order valence-electron chi connectivity index (χ1n) is 8.20. The highest BCUT2D eigenvalue weighted by Crippen LogP contribution is 2.39. The van der Waals surface area contributed by atoms with Crippen molar-refractivity contribution >= 4 is 24.2 Å². The number of H-pyrrole nitrogens is 1. The molecule has 128 valence electrons. The molecule has 1 aromatic heterocycles. The summed E-state index contributed by atoms with van der Waals surface area (Å²) in [5.74, 6) is -0.494. The number of pyridine rings is 2. The van der Waals surface area contributed by atoms with Crippen LogP contribution in [-0.4, -0.2) is 34.5 Å².